The van der Waals surface area contributed by atoms with E-state index in [1.807, 2.05) is 0 Å². The number of alkyl halides is 1. The number of nitro benzene ring substituents is 1. The first-order valence-corrected chi connectivity index (χ1v) is 7.08. The Morgan fingerprint density at radius 1 is 1.26 bits per heavy atom. The lowest BCUT2D eigenvalue weighted by atomic mass is 9.92. The summed E-state index contributed by atoms with van der Waals surface area (Å²) in [7, 11) is 0. The van der Waals surface area contributed by atoms with Crippen molar-refractivity contribution in [3.63, 3.8) is 0 Å². The molecule has 2 atom stereocenters. The minimum absolute atomic E-state index is 0.0878. The van der Waals surface area contributed by atoms with E-state index in [-0.39, 0.29) is 17.0 Å². The summed E-state index contributed by atoms with van der Waals surface area (Å²) in [5.41, 5.74) is 0.485. The molecular weight excluding hydrogens is 269 g/mol. The van der Waals surface area contributed by atoms with Crippen LogP contribution >= 0.6 is 11.6 Å². The second-order valence-electron chi connectivity index (χ2n) is 5.19. The Labute approximate surface area is 116 Å². The van der Waals surface area contributed by atoms with Crippen LogP contribution in [0.5, 0.6) is 0 Å². The lowest BCUT2D eigenvalue weighted by Crippen LogP contribution is -2.16. The van der Waals surface area contributed by atoms with Gasteiger partial charge in [0.15, 0.2) is 0 Å². The van der Waals surface area contributed by atoms with Crippen molar-refractivity contribution in [1.82, 2.24) is 0 Å². The molecule has 5 heteroatoms. The number of hydrogen-bond acceptors (Lipinski definition) is 2. The summed E-state index contributed by atoms with van der Waals surface area (Å²) in [5.74, 6) is -0.269. The minimum Gasteiger partial charge on any atom is -0.258 e. The molecule has 2 unspecified atom stereocenters. The molecular formula is C14H17ClFNO2. The molecule has 2 rings (SSSR count). The van der Waals surface area contributed by atoms with Gasteiger partial charge < -0.3 is 0 Å². The average molecular weight is 286 g/mol. The van der Waals surface area contributed by atoms with Crippen LogP contribution in [0.25, 0.3) is 0 Å². The Balaban J connectivity index is 2.15. The quantitative estimate of drug-likeness (QED) is 0.356. The maximum absolute atomic E-state index is 13.4. The molecule has 0 N–H and O–H groups in total. The molecule has 1 aliphatic rings. The van der Waals surface area contributed by atoms with Gasteiger partial charge in [0.2, 0.25) is 0 Å². The highest BCUT2D eigenvalue weighted by atomic mass is 35.5. The van der Waals surface area contributed by atoms with Crippen LogP contribution in [0.15, 0.2) is 18.2 Å². The smallest absolute Gasteiger partial charge is 0.258 e. The lowest BCUT2D eigenvalue weighted by Gasteiger charge is -2.19. The first-order chi connectivity index (χ1) is 9.06. The topological polar surface area (TPSA) is 43.1 Å². The Kier molecular flexibility index (Phi) is 4.75. The third kappa shape index (κ3) is 3.90. The van der Waals surface area contributed by atoms with Crippen LogP contribution in [0, 0.1) is 21.8 Å². The molecule has 19 heavy (non-hydrogen) atoms. The van der Waals surface area contributed by atoms with Crippen molar-refractivity contribution >= 4 is 17.3 Å². The summed E-state index contributed by atoms with van der Waals surface area (Å²) in [6.07, 6.45) is 6.05. The van der Waals surface area contributed by atoms with E-state index in [1.54, 1.807) is 0 Å². The Hall–Kier alpha value is -1.16. The third-order valence-corrected chi connectivity index (χ3v) is 4.29. The molecule has 1 saturated carbocycles. The zero-order valence-electron chi connectivity index (χ0n) is 10.6. The molecule has 1 aromatic carbocycles. The Morgan fingerprint density at radius 3 is 2.74 bits per heavy atom. The van der Waals surface area contributed by atoms with Gasteiger partial charge in [-0.05, 0) is 36.8 Å². The number of non-ortho nitro benzene ring substituents is 1. The standard InChI is InChI=1S/C14H17ClFNO2/c15-14-5-3-1-2-4-11(14)6-10-7-12(16)9-13(8-10)17(18)19/h7-9,11,14H,1-6H2. The zero-order valence-corrected chi connectivity index (χ0v) is 11.4. The van der Waals surface area contributed by atoms with Crippen LogP contribution in [-0.2, 0) is 6.42 Å². The second kappa shape index (κ2) is 6.33. The fourth-order valence-electron chi connectivity index (χ4n) is 2.73. The fourth-order valence-corrected chi connectivity index (χ4v) is 3.10. The van der Waals surface area contributed by atoms with Gasteiger partial charge in [0.05, 0.1) is 11.0 Å². The highest BCUT2D eigenvalue weighted by Gasteiger charge is 2.23. The molecule has 1 aromatic rings. The molecule has 3 nitrogen and oxygen atoms in total. The van der Waals surface area contributed by atoms with E-state index in [9.17, 15) is 14.5 Å². The number of nitro groups is 1. The van der Waals surface area contributed by atoms with E-state index in [0.29, 0.717) is 12.0 Å². The average Bonchev–Trinajstić information content (AvgIpc) is 2.54. The minimum atomic E-state index is -0.558. The van der Waals surface area contributed by atoms with Crippen LogP contribution < -0.4 is 0 Å². The normalized spacial score (nSPS) is 23.9. The summed E-state index contributed by atoms with van der Waals surface area (Å²) >= 11 is 6.35. The molecule has 0 spiro atoms. The number of benzene rings is 1. The highest BCUT2D eigenvalue weighted by Crippen LogP contribution is 2.31. The van der Waals surface area contributed by atoms with E-state index in [4.69, 9.17) is 11.6 Å². The van der Waals surface area contributed by atoms with Gasteiger partial charge in [-0.3, -0.25) is 10.1 Å². The van der Waals surface area contributed by atoms with Gasteiger partial charge in [-0.2, -0.15) is 0 Å². The molecule has 0 amide bonds. The molecule has 0 radical (unpaired) electrons. The zero-order chi connectivity index (χ0) is 13.8. The summed E-state index contributed by atoms with van der Waals surface area (Å²) in [6, 6.07) is 3.79. The molecule has 1 fully saturated rings. The maximum atomic E-state index is 13.4. The summed E-state index contributed by atoms with van der Waals surface area (Å²) < 4.78 is 13.4. The molecule has 0 aromatic heterocycles. The van der Waals surface area contributed by atoms with Gasteiger partial charge in [-0.25, -0.2) is 4.39 Å². The van der Waals surface area contributed by atoms with Crippen molar-refractivity contribution in [1.29, 1.82) is 0 Å². The van der Waals surface area contributed by atoms with Crippen molar-refractivity contribution < 1.29 is 9.31 Å². The Morgan fingerprint density at radius 2 is 2.00 bits per heavy atom. The van der Waals surface area contributed by atoms with Crippen molar-refractivity contribution in [3.8, 4) is 0 Å². The molecule has 0 bridgehead atoms. The number of rotatable bonds is 3. The van der Waals surface area contributed by atoms with Crippen molar-refractivity contribution in [2.75, 3.05) is 0 Å². The van der Waals surface area contributed by atoms with Gasteiger partial charge in [-0.1, -0.05) is 19.3 Å². The SMILES string of the molecule is O=[N+]([O-])c1cc(F)cc(CC2CCCCCC2Cl)c1. The maximum Gasteiger partial charge on any atom is 0.272 e. The van der Waals surface area contributed by atoms with Crippen molar-refractivity contribution in [3.05, 3.63) is 39.7 Å². The molecule has 0 saturated heterocycles. The third-order valence-electron chi connectivity index (χ3n) is 3.72. The number of nitrogens with zero attached hydrogens (tertiary/aromatic N) is 1. The molecule has 0 heterocycles. The van der Waals surface area contributed by atoms with E-state index in [0.717, 1.165) is 31.7 Å². The predicted octanol–water partition coefficient (Wildman–Crippen LogP) is 4.46. The predicted molar refractivity (Wildman–Crippen MR) is 73.0 cm³/mol. The van der Waals surface area contributed by atoms with Gasteiger partial charge in [0.1, 0.15) is 5.82 Å². The van der Waals surface area contributed by atoms with Crippen LogP contribution in [0.4, 0.5) is 10.1 Å². The molecule has 104 valence electrons. The number of halogens is 2. The van der Waals surface area contributed by atoms with E-state index in [1.165, 1.54) is 18.6 Å². The van der Waals surface area contributed by atoms with Crippen molar-refractivity contribution in [2.24, 2.45) is 5.92 Å². The van der Waals surface area contributed by atoms with Gasteiger partial charge >= 0.3 is 0 Å². The van der Waals surface area contributed by atoms with Gasteiger partial charge in [0, 0.05) is 11.4 Å². The largest absolute Gasteiger partial charge is 0.272 e. The van der Waals surface area contributed by atoms with E-state index < -0.39 is 10.7 Å². The van der Waals surface area contributed by atoms with Crippen LogP contribution in [0.3, 0.4) is 0 Å². The highest BCUT2D eigenvalue weighted by molar-refractivity contribution is 6.20. The fraction of sp³-hybridized carbons (Fsp3) is 0.571. The van der Waals surface area contributed by atoms with Gasteiger partial charge in [0.25, 0.3) is 5.69 Å². The summed E-state index contributed by atoms with van der Waals surface area (Å²) in [4.78, 5) is 10.2. The van der Waals surface area contributed by atoms with Crippen LogP contribution in [0.2, 0.25) is 0 Å². The van der Waals surface area contributed by atoms with E-state index >= 15 is 0 Å². The lowest BCUT2D eigenvalue weighted by molar-refractivity contribution is -0.385. The molecule has 1 aliphatic carbocycles. The van der Waals surface area contributed by atoms with Gasteiger partial charge in [-0.15, -0.1) is 11.6 Å². The second-order valence-corrected chi connectivity index (χ2v) is 5.75. The summed E-state index contributed by atoms with van der Waals surface area (Å²) in [6.45, 7) is 0. The van der Waals surface area contributed by atoms with Crippen LogP contribution in [0.1, 0.15) is 37.7 Å². The monoisotopic (exact) mass is 285 g/mol. The molecule has 0 aliphatic heterocycles. The van der Waals surface area contributed by atoms with Crippen LogP contribution in [-0.4, -0.2) is 10.3 Å². The first kappa shape index (κ1) is 14.3. The Bertz CT molecular complexity index is 467. The van der Waals surface area contributed by atoms with E-state index in [2.05, 4.69) is 0 Å². The number of hydrogen-bond donors (Lipinski definition) is 0. The van der Waals surface area contributed by atoms with Crippen molar-refractivity contribution in [2.45, 2.75) is 43.9 Å². The summed E-state index contributed by atoms with van der Waals surface area (Å²) in [5, 5.41) is 10.8. The first-order valence-electron chi connectivity index (χ1n) is 6.64.